The maximum Gasteiger partial charge on any atom is 0.270 e. The summed E-state index contributed by atoms with van der Waals surface area (Å²) >= 11 is 6.04. The minimum absolute atomic E-state index is 0.154. The van der Waals surface area contributed by atoms with E-state index in [1.165, 1.54) is 18.2 Å². The van der Waals surface area contributed by atoms with Crippen LogP contribution >= 0.6 is 11.6 Å². The number of nitro groups is 1. The van der Waals surface area contributed by atoms with Crippen molar-refractivity contribution in [1.29, 1.82) is 0 Å². The summed E-state index contributed by atoms with van der Waals surface area (Å²) in [5.41, 5.74) is 3.73. The van der Waals surface area contributed by atoms with E-state index < -0.39 is 14.9 Å². The molecule has 154 valence electrons. The molecule has 1 fully saturated rings. The fourth-order valence-corrected chi connectivity index (χ4v) is 4.53. The molecule has 0 saturated heterocycles. The van der Waals surface area contributed by atoms with Gasteiger partial charge < -0.3 is 0 Å². The van der Waals surface area contributed by atoms with E-state index >= 15 is 0 Å². The average molecular weight is 437 g/mol. The number of nitrogens with zero attached hydrogens (tertiary/aromatic N) is 2. The van der Waals surface area contributed by atoms with E-state index in [0.29, 0.717) is 5.92 Å². The van der Waals surface area contributed by atoms with E-state index in [9.17, 15) is 18.5 Å². The fraction of sp³-hybridized carbons (Fsp3) is 0.316. The van der Waals surface area contributed by atoms with Gasteiger partial charge in [-0.2, -0.15) is 5.10 Å². The molecule has 0 atom stereocenters. The molecule has 10 heteroatoms. The summed E-state index contributed by atoms with van der Waals surface area (Å²) < 4.78 is 28.3. The maximum absolute atomic E-state index is 13.0. The smallest absolute Gasteiger partial charge is 0.270 e. The minimum atomic E-state index is -4.15. The summed E-state index contributed by atoms with van der Waals surface area (Å²) in [7, 11) is -4.15. The van der Waals surface area contributed by atoms with Gasteiger partial charge in [-0.1, -0.05) is 30.7 Å². The summed E-state index contributed by atoms with van der Waals surface area (Å²) in [4.78, 5) is 10.2. The fourth-order valence-electron chi connectivity index (χ4n) is 3.03. The van der Waals surface area contributed by atoms with Crippen LogP contribution in [0.15, 0.2) is 52.5 Å². The number of sulfonamides is 1. The van der Waals surface area contributed by atoms with Crippen LogP contribution in [-0.4, -0.2) is 19.1 Å². The van der Waals surface area contributed by atoms with Crippen molar-refractivity contribution in [2.45, 2.75) is 37.5 Å². The molecular formula is C19H21ClN4O4S. The highest BCUT2D eigenvalue weighted by molar-refractivity contribution is 7.93. The molecular weight excluding hydrogens is 416 g/mol. The van der Waals surface area contributed by atoms with Crippen LogP contribution in [0.5, 0.6) is 0 Å². The second kappa shape index (κ2) is 8.79. The first-order chi connectivity index (χ1) is 13.8. The third-order valence-corrected chi connectivity index (χ3v) is 6.50. The number of non-ortho nitro benzene ring substituents is 1. The molecule has 8 nitrogen and oxygen atoms in total. The number of anilines is 2. The monoisotopic (exact) mass is 436 g/mol. The Morgan fingerprint density at radius 2 is 1.83 bits per heavy atom. The van der Waals surface area contributed by atoms with Crippen LogP contribution in [0.3, 0.4) is 0 Å². The van der Waals surface area contributed by atoms with Gasteiger partial charge in [-0.15, -0.1) is 0 Å². The number of nitro benzene ring substituents is 1. The Morgan fingerprint density at radius 1 is 1.14 bits per heavy atom. The summed E-state index contributed by atoms with van der Waals surface area (Å²) in [5, 5.41) is 15.7. The van der Waals surface area contributed by atoms with Gasteiger partial charge in [0.25, 0.3) is 15.7 Å². The first-order valence-electron chi connectivity index (χ1n) is 9.13. The number of para-hydroxylation sites is 1. The van der Waals surface area contributed by atoms with Crippen molar-refractivity contribution >= 4 is 44.4 Å². The van der Waals surface area contributed by atoms with Gasteiger partial charge in [0.2, 0.25) is 0 Å². The topological polar surface area (TPSA) is 114 Å². The molecule has 0 amide bonds. The zero-order chi connectivity index (χ0) is 21.0. The van der Waals surface area contributed by atoms with Gasteiger partial charge in [0.05, 0.1) is 21.3 Å². The van der Waals surface area contributed by atoms with Gasteiger partial charge in [0.15, 0.2) is 0 Å². The summed E-state index contributed by atoms with van der Waals surface area (Å²) in [5.74, 6) is 0.643. The molecule has 0 heterocycles. The Bertz CT molecular complexity index is 1050. The summed E-state index contributed by atoms with van der Waals surface area (Å²) in [6.45, 7) is 2.19. The lowest BCUT2D eigenvalue weighted by Gasteiger charge is -2.19. The molecule has 1 aliphatic carbocycles. The highest BCUT2D eigenvalue weighted by Crippen LogP contribution is 2.30. The SMILES string of the molecule is CC1CCC(=NNc2ccc([N+](=O)[O-])cc2S(=O)(=O)Nc2ccccc2Cl)CC1. The number of halogens is 1. The van der Waals surface area contributed by atoms with Gasteiger partial charge in [-0.25, -0.2) is 8.42 Å². The Hall–Kier alpha value is -2.65. The van der Waals surface area contributed by atoms with Crippen molar-refractivity contribution < 1.29 is 13.3 Å². The van der Waals surface area contributed by atoms with Gasteiger partial charge >= 0.3 is 0 Å². The summed E-state index contributed by atoms with van der Waals surface area (Å²) in [6.07, 6.45) is 3.72. The zero-order valence-corrected chi connectivity index (χ0v) is 17.3. The number of hydrogen-bond acceptors (Lipinski definition) is 6. The lowest BCUT2D eigenvalue weighted by atomic mass is 9.90. The first-order valence-corrected chi connectivity index (χ1v) is 11.0. The molecule has 0 radical (unpaired) electrons. The van der Waals surface area contributed by atoms with Crippen LogP contribution in [0.2, 0.25) is 5.02 Å². The van der Waals surface area contributed by atoms with Crippen molar-refractivity contribution in [2.24, 2.45) is 11.0 Å². The normalized spacial score (nSPS) is 16.9. The third kappa shape index (κ3) is 5.24. The van der Waals surface area contributed by atoms with Crippen LogP contribution < -0.4 is 10.1 Å². The maximum atomic E-state index is 13.0. The predicted molar refractivity (Wildman–Crippen MR) is 114 cm³/mol. The molecule has 2 aromatic carbocycles. The van der Waals surface area contributed by atoms with Gasteiger partial charge in [0.1, 0.15) is 4.90 Å². The van der Waals surface area contributed by atoms with Crippen molar-refractivity contribution in [3.8, 4) is 0 Å². The Kier molecular flexibility index (Phi) is 6.39. The molecule has 0 unspecified atom stereocenters. The van der Waals surface area contributed by atoms with E-state index in [0.717, 1.165) is 37.5 Å². The van der Waals surface area contributed by atoms with Crippen LogP contribution in [0.25, 0.3) is 0 Å². The molecule has 2 aromatic rings. The number of hydrogen-bond donors (Lipinski definition) is 2. The lowest BCUT2D eigenvalue weighted by molar-refractivity contribution is -0.385. The van der Waals surface area contributed by atoms with Crippen LogP contribution in [0.1, 0.15) is 32.6 Å². The van der Waals surface area contributed by atoms with Crippen LogP contribution in [-0.2, 0) is 10.0 Å². The second-order valence-electron chi connectivity index (χ2n) is 7.00. The van der Waals surface area contributed by atoms with Crippen LogP contribution in [0.4, 0.5) is 17.1 Å². The van der Waals surface area contributed by atoms with Crippen molar-refractivity contribution in [1.82, 2.24) is 0 Å². The number of benzene rings is 2. The number of hydrazone groups is 1. The molecule has 0 spiro atoms. The Labute approximate surface area is 174 Å². The lowest BCUT2D eigenvalue weighted by Crippen LogP contribution is -2.16. The highest BCUT2D eigenvalue weighted by Gasteiger charge is 2.24. The molecule has 1 saturated carbocycles. The molecule has 0 bridgehead atoms. The number of nitrogens with one attached hydrogen (secondary N) is 2. The predicted octanol–water partition coefficient (Wildman–Crippen LogP) is 5.03. The minimum Gasteiger partial charge on any atom is -0.278 e. The molecule has 2 N–H and O–H groups in total. The van der Waals surface area contributed by atoms with E-state index in [-0.39, 0.29) is 27.0 Å². The third-order valence-electron chi connectivity index (χ3n) is 4.77. The van der Waals surface area contributed by atoms with Gasteiger partial charge in [-0.05, 0) is 49.8 Å². The van der Waals surface area contributed by atoms with E-state index in [1.807, 2.05) is 0 Å². The average Bonchev–Trinajstić information content (AvgIpc) is 2.69. The molecule has 0 aliphatic heterocycles. The quantitative estimate of drug-likeness (QED) is 0.487. The van der Waals surface area contributed by atoms with Crippen LogP contribution in [0, 0.1) is 16.0 Å². The zero-order valence-electron chi connectivity index (χ0n) is 15.8. The summed E-state index contributed by atoms with van der Waals surface area (Å²) in [6, 6.07) is 9.93. The highest BCUT2D eigenvalue weighted by atomic mass is 35.5. The second-order valence-corrected chi connectivity index (χ2v) is 9.05. The number of rotatable bonds is 6. The van der Waals surface area contributed by atoms with E-state index in [2.05, 4.69) is 22.2 Å². The van der Waals surface area contributed by atoms with Crippen molar-refractivity contribution in [3.63, 3.8) is 0 Å². The van der Waals surface area contributed by atoms with E-state index in [1.54, 1.807) is 18.2 Å². The molecule has 1 aliphatic rings. The van der Waals surface area contributed by atoms with Crippen molar-refractivity contribution in [2.75, 3.05) is 10.1 Å². The largest absolute Gasteiger partial charge is 0.278 e. The Balaban J connectivity index is 1.94. The standard InChI is InChI=1S/C19H21ClN4O4S/c1-13-6-8-14(9-7-13)21-22-18-11-10-15(24(25)26)12-19(18)29(27,28)23-17-5-3-2-4-16(17)20/h2-5,10-13,22-23H,6-9H2,1H3. The molecule has 3 rings (SSSR count). The molecule has 29 heavy (non-hydrogen) atoms. The van der Waals surface area contributed by atoms with Gasteiger partial charge in [-0.3, -0.25) is 20.3 Å². The molecule has 0 aromatic heterocycles. The first kappa shape index (κ1) is 21.1. The van der Waals surface area contributed by atoms with Gasteiger partial charge in [0, 0.05) is 17.8 Å². The Morgan fingerprint density at radius 3 is 2.48 bits per heavy atom. The van der Waals surface area contributed by atoms with E-state index in [4.69, 9.17) is 11.6 Å². The van der Waals surface area contributed by atoms with Crippen molar-refractivity contribution in [3.05, 3.63) is 57.6 Å².